The summed E-state index contributed by atoms with van der Waals surface area (Å²) in [6.45, 7) is 0. The van der Waals surface area contributed by atoms with Crippen molar-refractivity contribution in [3.63, 3.8) is 0 Å². The number of hydrogen-bond acceptors (Lipinski definition) is 3. The molecule has 3 aromatic rings. The zero-order chi connectivity index (χ0) is 16.6. The maximum Gasteiger partial charge on any atom is 0.416 e. The highest BCUT2D eigenvalue weighted by atomic mass is 19.4. The molecule has 0 atom stereocenters. The van der Waals surface area contributed by atoms with Crippen LogP contribution in [-0.4, -0.2) is 17.1 Å². The first-order chi connectivity index (χ1) is 10.9. The van der Waals surface area contributed by atoms with E-state index in [-0.39, 0.29) is 17.1 Å². The molecule has 0 spiro atoms. The first-order valence-corrected chi connectivity index (χ1v) is 6.64. The number of rotatable bonds is 2. The number of fused-ring (bicyclic) bond motifs is 1. The third-order valence-corrected chi connectivity index (χ3v) is 3.36. The fourth-order valence-corrected chi connectivity index (χ4v) is 2.24. The molecule has 0 aliphatic heterocycles. The number of para-hydroxylation sites is 1. The van der Waals surface area contributed by atoms with Crippen LogP contribution < -0.4 is 10.3 Å². The number of nitrogens with zero attached hydrogens (tertiary/aromatic N) is 1. The Morgan fingerprint density at radius 1 is 1.13 bits per heavy atom. The van der Waals surface area contributed by atoms with E-state index >= 15 is 0 Å². The summed E-state index contributed by atoms with van der Waals surface area (Å²) in [5, 5.41) is 0.371. The average Bonchev–Trinajstić information content (AvgIpc) is 2.53. The number of alkyl halides is 3. The Morgan fingerprint density at radius 2 is 1.87 bits per heavy atom. The number of aromatic amines is 1. The van der Waals surface area contributed by atoms with Crippen molar-refractivity contribution in [1.29, 1.82) is 0 Å². The molecule has 0 amide bonds. The lowest BCUT2D eigenvalue weighted by molar-refractivity contribution is -0.137. The monoisotopic (exact) mass is 320 g/mol. The zero-order valence-corrected chi connectivity index (χ0v) is 11.9. The number of nitrogens with one attached hydrogen (secondary N) is 1. The van der Waals surface area contributed by atoms with Crippen LogP contribution in [0.15, 0.2) is 47.3 Å². The van der Waals surface area contributed by atoms with Crippen LogP contribution in [0, 0.1) is 0 Å². The standard InChI is InChI=1S/C16H11F3N2O2/c1-23-11-7-9(6-10(8-11)16(17,18)19)14-20-13-5-3-2-4-12(13)15(22)21-14/h2-8H,1H3,(H,20,21,22). The second-order valence-corrected chi connectivity index (χ2v) is 4.88. The Hall–Kier alpha value is -2.83. The molecule has 4 nitrogen and oxygen atoms in total. The van der Waals surface area contributed by atoms with E-state index in [1.54, 1.807) is 24.3 Å². The van der Waals surface area contributed by atoms with Crippen LogP contribution in [0.5, 0.6) is 5.75 Å². The van der Waals surface area contributed by atoms with Crippen molar-refractivity contribution in [2.75, 3.05) is 7.11 Å². The van der Waals surface area contributed by atoms with Gasteiger partial charge >= 0.3 is 6.18 Å². The van der Waals surface area contributed by atoms with E-state index in [1.165, 1.54) is 13.2 Å². The maximum absolute atomic E-state index is 13.0. The molecule has 118 valence electrons. The molecule has 0 saturated heterocycles. The topological polar surface area (TPSA) is 55.0 Å². The second-order valence-electron chi connectivity index (χ2n) is 4.88. The summed E-state index contributed by atoms with van der Waals surface area (Å²) in [5.74, 6) is 0.0868. The number of methoxy groups -OCH3 is 1. The van der Waals surface area contributed by atoms with Gasteiger partial charge in [0.05, 0.1) is 23.6 Å². The van der Waals surface area contributed by atoms with E-state index in [4.69, 9.17) is 4.74 Å². The number of H-pyrrole nitrogens is 1. The van der Waals surface area contributed by atoms with Gasteiger partial charge in [0, 0.05) is 5.56 Å². The molecule has 0 aliphatic carbocycles. The summed E-state index contributed by atoms with van der Waals surface area (Å²) in [6, 6.07) is 9.81. The molecule has 0 unspecified atom stereocenters. The number of halogens is 3. The van der Waals surface area contributed by atoms with Gasteiger partial charge in [0.25, 0.3) is 5.56 Å². The predicted octanol–water partition coefficient (Wildman–Crippen LogP) is 3.62. The molecule has 0 fully saturated rings. The van der Waals surface area contributed by atoms with Crippen LogP contribution in [0.1, 0.15) is 5.56 Å². The zero-order valence-electron chi connectivity index (χ0n) is 11.9. The molecule has 1 aromatic heterocycles. The lowest BCUT2D eigenvalue weighted by Gasteiger charge is -2.11. The minimum absolute atomic E-state index is 0.0330. The summed E-state index contributed by atoms with van der Waals surface area (Å²) in [6.07, 6.45) is -4.53. The molecule has 2 aromatic carbocycles. The summed E-state index contributed by atoms with van der Waals surface area (Å²) >= 11 is 0. The van der Waals surface area contributed by atoms with Gasteiger partial charge in [-0.15, -0.1) is 0 Å². The summed E-state index contributed by atoms with van der Waals surface area (Å²) in [5.41, 5.74) is -0.758. The Bertz CT molecular complexity index is 932. The second kappa shape index (κ2) is 5.42. The fraction of sp³-hybridized carbons (Fsp3) is 0.125. The van der Waals surface area contributed by atoms with Crippen LogP contribution >= 0.6 is 0 Å². The maximum atomic E-state index is 13.0. The van der Waals surface area contributed by atoms with E-state index in [1.807, 2.05) is 0 Å². The lowest BCUT2D eigenvalue weighted by Crippen LogP contribution is -2.10. The number of aromatic nitrogens is 2. The number of benzene rings is 2. The van der Waals surface area contributed by atoms with Gasteiger partial charge in [-0.1, -0.05) is 12.1 Å². The van der Waals surface area contributed by atoms with Gasteiger partial charge in [-0.2, -0.15) is 13.2 Å². The van der Waals surface area contributed by atoms with Crippen LogP contribution in [0.4, 0.5) is 13.2 Å². The summed E-state index contributed by atoms with van der Waals surface area (Å²) in [7, 11) is 1.27. The summed E-state index contributed by atoms with van der Waals surface area (Å²) < 4.78 is 43.9. The van der Waals surface area contributed by atoms with Crippen molar-refractivity contribution in [1.82, 2.24) is 9.97 Å². The fourth-order valence-electron chi connectivity index (χ4n) is 2.24. The van der Waals surface area contributed by atoms with Gasteiger partial charge in [-0.25, -0.2) is 4.98 Å². The minimum Gasteiger partial charge on any atom is -0.497 e. The quantitative estimate of drug-likeness (QED) is 0.784. The molecular weight excluding hydrogens is 309 g/mol. The van der Waals surface area contributed by atoms with Gasteiger partial charge in [-0.05, 0) is 30.3 Å². The van der Waals surface area contributed by atoms with E-state index < -0.39 is 17.3 Å². The van der Waals surface area contributed by atoms with Gasteiger partial charge < -0.3 is 9.72 Å². The van der Waals surface area contributed by atoms with Gasteiger partial charge in [-0.3, -0.25) is 4.79 Å². The SMILES string of the molecule is COc1cc(-c2nc3ccccc3c(=O)[nH]2)cc(C(F)(F)F)c1. The molecule has 1 heterocycles. The van der Waals surface area contributed by atoms with Crippen LogP contribution in [0.25, 0.3) is 22.3 Å². The molecule has 0 aliphatic rings. The smallest absolute Gasteiger partial charge is 0.416 e. The first kappa shape index (κ1) is 15.1. The Labute approximate surface area is 128 Å². The molecular formula is C16H11F3N2O2. The molecule has 23 heavy (non-hydrogen) atoms. The highest BCUT2D eigenvalue weighted by Crippen LogP contribution is 2.34. The highest BCUT2D eigenvalue weighted by molar-refractivity contribution is 5.79. The lowest BCUT2D eigenvalue weighted by atomic mass is 10.1. The molecule has 7 heteroatoms. The minimum atomic E-state index is -4.53. The van der Waals surface area contributed by atoms with E-state index in [0.29, 0.717) is 10.9 Å². The molecule has 0 saturated carbocycles. The Morgan fingerprint density at radius 3 is 2.57 bits per heavy atom. The van der Waals surface area contributed by atoms with Crippen LogP contribution in [0.2, 0.25) is 0 Å². The predicted molar refractivity (Wildman–Crippen MR) is 79.4 cm³/mol. The normalized spacial score (nSPS) is 11.7. The van der Waals surface area contributed by atoms with Crippen molar-refractivity contribution < 1.29 is 17.9 Å². The third-order valence-electron chi connectivity index (χ3n) is 3.36. The third kappa shape index (κ3) is 2.90. The van der Waals surface area contributed by atoms with E-state index in [9.17, 15) is 18.0 Å². The molecule has 0 bridgehead atoms. The molecule has 0 radical (unpaired) electrons. The average molecular weight is 320 g/mol. The van der Waals surface area contributed by atoms with Crippen LogP contribution in [0.3, 0.4) is 0 Å². The van der Waals surface area contributed by atoms with Crippen molar-refractivity contribution in [3.05, 3.63) is 58.4 Å². The van der Waals surface area contributed by atoms with Gasteiger partial charge in [0.15, 0.2) is 0 Å². The van der Waals surface area contributed by atoms with Gasteiger partial charge in [0.1, 0.15) is 11.6 Å². The largest absolute Gasteiger partial charge is 0.497 e. The first-order valence-electron chi connectivity index (χ1n) is 6.64. The van der Waals surface area contributed by atoms with Crippen molar-refractivity contribution in [3.8, 4) is 17.1 Å². The van der Waals surface area contributed by atoms with Crippen molar-refractivity contribution in [2.45, 2.75) is 6.18 Å². The van der Waals surface area contributed by atoms with Gasteiger partial charge in [0.2, 0.25) is 0 Å². The molecule has 3 rings (SSSR count). The Balaban J connectivity index is 2.24. The van der Waals surface area contributed by atoms with Crippen molar-refractivity contribution in [2.24, 2.45) is 0 Å². The summed E-state index contributed by atoms with van der Waals surface area (Å²) in [4.78, 5) is 18.8. The molecule has 1 N–H and O–H groups in total. The number of ether oxygens (including phenoxy) is 1. The highest BCUT2D eigenvalue weighted by Gasteiger charge is 2.31. The van der Waals surface area contributed by atoms with Crippen molar-refractivity contribution >= 4 is 10.9 Å². The van der Waals surface area contributed by atoms with E-state index in [0.717, 1.165) is 12.1 Å². The van der Waals surface area contributed by atoms with Crippen LogP contribution in [-0.2, 0) is 6.18 Å². The Kier molecular flexibility index (Phi) is 3.55. The van der Waals surface area contributed by atoms with E-state index in [2.05, 4.69) is 9.97 Å². The number of hydrogen-bond donors (Lipinski definition) is 1.